The molecule has 1 saturated carbocycles. The summed E-state index contributed by atoms with van der Waals surface area (Å²) in [5.74, 6) is -0.484. The highest BCUT2D eigenvalue weighted by molar-refractivity contribution is 5.93. The third kappa shape index (κ3) is 1.41. The van der Waals surface area contributed by atoms with Crippen LogP contribution in [-0.4, -0.2) is 50.6 Å². The van der Waals surface area contributed by atoms with Gasteiger partial charge in [0.2, 0.25) is 0 Å². The molecule has 2 N–H and O–H groups in total. The van der Waals surface area contributed by atoms with Crippen molar-refractivity contribution < 1.29 is 10.0 Å². The summed E-state index contributed by atoms with van der Waals surface area (Å²) < 4.78 is 0. The Labute approximate surface area is 129 Å². The van der Waals surface area contributed by atoms with Crippen molar-refractivity contribution in [1.82, 2.24) is 20.3 Å². The van der Waals surface area contributed by atoms with Gasteiger partial charge >= 0.3 is 0 Å². The standard InChI is InChI=1S/C16H20N4O2/c21-14(18-22)11-8-10-3-7-19-12-2-5-16(12)4-1-6-20(16)15(19)13(10)17-9-11/h8-9,12,15,22H,1-7H2,(H,18,21)/t12-,15?,16-/m1/s1. The van der Waals surface area contributed by atoms with Gasteiger partial charge in [0.25, 0.3) is 5.91 Å². The van der Waals surface area contributed by atoms with E-state index in [4.69, 9.17) is 5.21 Å². The number of hydroxylamine groups is 1. The van der Waals surface area contributed by atoms with Gasteiger partial charge in [-0.05, 0) is 43.7 Å². The average Bonchev–Trinajstić information content (AvgIpc) is 3.05. The van der Waals surface area contributed by atoms with E-state index in [2.05, 4.69) is 14.8 Å². The number of rotatable bonds is 1. The maximum absolute atomic E-state index is 11.6. The minimum Gasteiger partial charge on any atom is -0.288 e. The fourth-order valence-corrected chi connectivity index (χ4v) is 5.32. The first-order valence-electron chi connectivity index (χ1n) is 8.20. The Kier molecular flexibility index (Phi) is 2.52. The first kappa shape index (κ1) is 13.0. The lowest BCUT2D eigenvalue weighted by Crippen LogP contribution is -2.56. The van der Waals surface area contributed by atoms with Crippen LogP contribution in [0.2, 0.25) is 0 Å². The first-order chi connectivity index (χ1) is 10.7. The summed E-state index contributed by atoms with van der Waals surface area (Å²) in [6.45, 7) is 2.21. The molecular weight excluding hydrogens is 280 g/mol. The van der Waals surface area contributed by atoms with Crippen LogP contribution in [0.1, 0.15) is 53.5 Å². The Hall–Kier alpha value is -1.50. The van der Waals surface area contributed by atoms with E-state index in [0.717, 1.165) is 30.8 Å². The molecular formula is C16H20N4O2. The molecule has 3 aliphatic heterocycles. The number of carbonyl (C=O) groups excluding carboxylic acids is 1. The number of nitrogens with one attached hydrogen (secondary N) is 1. The molecule has 1 aromatic rings. The highest BCUT2D eigenvalue weighted by atomic mass is 16.5. The molecule has 6 heteroatoms. The van der Waals surface area contributed by atoms with Gasteiger partial charge in [0.15, 0.2) is 0 Å². The van der Waals surface area contributed by atoms with E-state index in [1.54, 1.807) is 11.7 Å². The van der Waals surface area contributed by atoms with Crippen LogP contribution < -0.4 is 5.48 Å². The van der Waals surface area contributed by atoms with Crippen molar-refractivity contribution in [3.8, 4) is 0 Å². The summed E-state index contributed by atoms with van der Waals surface area (Å²) in [5, 5.41) is 8.80. The molecule has 1 spiro atoms. The molecule has 4 heterocycles. The molecule has 0 bridgehead atoms. The Balaban J connectivity index is 1.57. The lowest BCUT2D eigenvalue weighted by molar-refractivity contribution is 0.0691. The van der Waals surface area contributed by atoms with E-state index in [1.165, 1.54) is 25.7 Å². The molecule has 1 unspecified atom stereocenters. The molecule has 2 saturated heterocycles. The topological polar surface area (TPSA) is 68.7 Å². The summed E-state index contributed by atoms with van der Waals surface area (Å²) in [4.78, 5) is 21.6. The summed E-state index contributed by atoms with van der Waals surface area (Å²) in [7, 11) is 0. The van der Waals surface area contributed by atoms with Crippen LogP contribution in [-0.2, 0) is 6.42 Å². The van der Waals surface area contributed by atoms with E-state index >= 15 is 0 Å². The monoisotopic (exact) mass is 300 g/mol. The number of pyridine rings is 1. The number of hydrogen-bond donors (Lipinski definition) is 2. The highest BCUT2D eigenvalue weighted by Gasteiger charge is 2.65. The zero-order chi connectivity index (χ0) is 14.9. The van der Waals surface area contributed by atoms with Crippen LogP contribution in [0, 0.1) is 0 Å². The van der Waals surface area contributed by atoms with Crippen molar-refractivity contribution in [2.75, 3.05) is 13.1 Å². The predicted molar refractivity (Wildman–Crippen MR) is 78.3 cm³/mol. The smallest absolute Gasteiger partial charge is 0.276 e. The molecule has 4 aliphatic rings. The van der Waals surface area contributed by atoms with Crippen molar-refractivity contribution in [3.05, 3.63) is 29.1 Å². The Morgan fingerprint density at radius 3 is 3.09 bits per heavy atom. The van der Waals surface area contributed by atoms with E-state index in [0.29, 0.717) is 23.3 Å². The van der Waals surface area contributed by atoms with Crippen molar-refractivity contribution in [2.24, 2.45) is 0 Å². The van der Waals surface area contributed by atoms with Gasteiger partial charge in [0.05, 0.1) is 11.3 Å². The lowest BCUT2D eigenvalue weighted by atomic mass is 9.71. The van der Waals surface area contributed by atoms with Crippen LogP contribution in [0.5, 0.6) is 0 Å². The summed E-state index contributed by atoms with van der Waals surface area (Å²) in [5.41, 5.74) is 4.82. The van der Waals surface area contributed by atoms with E-state index in [9.17, 15) is 4.79 Å². The zero-order valence-electron chi connectivity index (χ0n) is 12.5. The molecule has 0 aromatic carbocycles. The van der Waals surface area contributed by atoms with Gasteiger partial charge in [-0.1, -0.05) is 0 Å². The minimum absolute atomic E-state index is 0.296. The van der Waals surface area contributed by atoms with Crippen LogP contribution in [0.25, 0.3) is 0 Å². The van der Waals surface area contributed by atoms with Gasteiger partial charge in [-0.3, -0.25) is 24.8 Å². The molecule has 1 aromatic heterocycles. The van der Waals surface area contributed by atoms with Crippen molar-refractivity contribution in [2.45, 2.75) is 49.9 Å². The van der Waals surface area contributed by atoms with Crippen LogP contribution >= 0.6 is 0 Å². The fourth-order valence-electron chi connectivity index (χ4n) is 5.32. The number of nitrogens with zero attached hydrogens (tertiary/aromatic N) is 3. The second-order valence-corrected chi connectivity index (χ2v) is 7.03. The maximum Gasteiger partial charge on any atom is 0.276 e. The second-order valence-electron chi connectivity index (χ2n) is 7.03. The van der Waals surface area contributed by atoms with Crippen LogP contribution in [0.4, 0.5) is 0 Å². The van der Waals surface area contributed by atoms with Gasteiger partial charge in [0, 0.05) is 30.9 Å². The van der Waals surface area contributed by atoms with Gasteiger partial charge < -0.3 is 0 Å². The summed E-state index contributed by atoms with van der Waals surface area (Å²) >= 11 is 0. The molecule has 1 aliphatic carbocycles. The molecule has 1 amide bonds. The van der Waals surface area contributed by atoms with Gasteiger partial charge in [-0.2, -0.15) is 0 Å². The number of amides is 1. The largest absolute Gasteiger partial charge is 0.288 e. The van der Waals surface area contributed by atoms with Gasteiger partial charge in [-0.25, -0.2) is 5.48 Å². The fraction of sp³-hybridized carbons (Fsp3) is 0.625. The van der Waals surface area contributed by atoms with Crippen molar-refractivity contribution >= 4 is 5.91 Å². The third-order valence-electron chi connectivity index (χ3n) is 6.31. The Morgan fingerprint density at radius 1 is 1.41 bits per heavy atom. The maximum atomic E-state index is 11.6. The SMILES string of the molecule is O=C(NO)c1cnc2c(c1)CCN1C2N2CCC[C@]23CC[C@@H]13. The predicted octanol–water partition coefficient (Wildman–Crippen LogP) is 1.07. The number of hydrogen-bond acceptors (Lipinski definition) is 5. The number of aromatic nitrogens is 1. The Bertz CT molecular complexity index is 664. The zero-order valence-corrected chi connectivity index (χ0v) is 12.5. The second kappa shape index (κ2) is 4.28. The molecule has 116 valence electrons. The van der Waals surface area contributed by atoms with Crippen LogP contribution in [0.15, 0.2) is 12.3 Å². The van der Waals surface area contributed by atoms with E-state index < -0.39 is 5.91 Å². The number of fused-ring (bicyclic) bond motifs is 5. The van der Waals surface area contributed by atoms with Crippen molar-refractivity contribution in [1.29, 1.82) is 0 Å². The molecule has 3 fully saturated rings. The van der Waals surface area contributed by atoms with Crippen LogP contribution in [0.3, 0.4) is 0 Å². The van der Waals surface area contributed by atoms with Crippen molar-refractivity contribution in [3.63, 3.8) is 0 Å². The first-order valence-corrected chi connectivity index (χ1v) is 8.20. The minimum atomic E-state index is -0.484. The molecule has 6 nitrogen and oxygen atoms in total. The number of carbonyl (C=O) groups is 1. The normalized spacial score (nSPS) is 36.0. The van der Waals surface area contributed by atoms with E-state index in [-0.39, 0.29) is 0 Å². The molecule has 5 rings (SSSR count). The molecule has 3 atom stereocenters. The molecule has 22 heavy (non-hydrogen) atoms. The highest BCUT2D eigenvalue weighted by Crippen LogP contribution is 2.59. The summed E-state index contributed by atoms with van der Waals surface area (Å²) in [6, 6.07) is 2.60. The average molecular weight is 300 g/mol. The third-order valence-corrected chi connectivity index (χ3v) is 6.31. The van der Waals surface area contributed by atoms with E-state index in [1.807, 2.05) is 6.07 Å². The van der Waals surface area contributed by atoms with Gasteiger partial charge in [0.1, 0.15) is 6.17 Å². The molecule has 0 radical (unpaired) electrons. The quantitative estimate of drug-likeness (QED) is 0.600. The van der Waals surface area contributed by atoms with Gasteiger partial charge in [-0.15, -0.1) is 0 Å². The Morgan fingerprint density at radius 2 is 2.32 bits per heavy atom. The lowest BCUT2D eigenvalue weighted by Gasteiger charge is -2.47. The summed E-state index contributed by atoms with van der Waals surface area (Å²) in [6.07, 6.45) is 8.08.